The third-order valence-electron chi connectivity index (χ3n) is 2.91. The minimum Gasteiger partial charge on any atom is -0.481 e. The molecule has 0 radical (unpaired) electrons. The summed E-state index contributed by atoms with van der Waals surface area (Å²) in [6, 6.07) is 9.17. The number of methoxy groups -OCH3 is 2. The molecule has 0 heterocycles. The van der Waals surface area contributed by atoms with Gasteiger partial charge in [0, 0.05) is 14.2 Å². The van der Waals surface area contributed by atoms with Crippen LogP contribution in [-0.4, -0.2) is 50.1 Å². The number of carbonyl (C=O) groups excluding carboxylic acids is 1. The average molecular weight is 311 g/mol. The number of nitrogens with one attached hydrogen (secondary N) is 1. The summed E-state index contributed by atoms with van der Waals surface area (Å²) in [4.78, 5) is 22.9. The summed E-state index contributed by atoms with van der Waals surface area (Å²) in [6.45, 7) is 0.0803. The van der Waals surface area contributed by atoms with E-state index in [9.17, 15) is 9.59 Å². The minimum atomic E-state index is -1.18. The summed E-state index contributed by atoms with van der Waals surface area (Å²) in [6.07, 6.45) is -1.06. The van der Waals surface area contributed by atoms with Crippen LogP contribution in [0.15, 0.2) is 30.3 Å². The molecule has 0 aliphatic rings. The highest BCUT2D eigenvalue weighted by Gasteiger charge is 2.35. The molecule has 22 heavy (non-hydrogen) atoms. The van der Waals surface area contributed by atoms with Crippen molar-refractivity contribution in [3.05, 3.63) is 35.9 Å². The lowest BCUT2D eigenvalue weighted by atomic mass is 9.97. The first-order chi connectivity index (χ1) is 10.5. The maximum atomic E-state index is 11.9. The molecule has 0 saturated heterocycles. The molecule has 0 aliphatic heterocycles. The van der Waals surface area contributed by atoms with Crippen LogP contribution in [0.5, 0.6) is 0 Å². The Balaban J connectivity index is 2.66. The van der Waals surface area contributed by atoms with Gasteiger partial charge in [0.05, 0.1) is 19.6 Å². The Bertz CT molecular complexity index is 470. The molecule has 122 valence electrons. The second-order valence-corrected chi connectivity index (χ2v) is 4.90. The highest BCUT2D eigenvalue weighted by Crippen LogP contribution is 2.13. The van der Waals surface area contributed by atoms with Gasteiger partial charge in [0.25, 0.3) is 0 Å². The Morgan fingerprint density at radius 1 is 1.14 bits per heavy atom. The Kier molecular flexibility index (Phi) is 7.34. The lowest BCUT2D eigenvalue weighted by molar-refractivity contribution is -0.140. The summed E-state index contributed by atoms with van der Waals surface area (Å²) in [7, 11) is 2.84. The summed E-state index contributed by atoms with van der Waals surface area (Å²) in [5.74, 6) is -1.07. The van der Waals surface area contributed by atoms with E-state index < -0.39 is 17.6 Å². The van der Waals surface area contributed by atoms with E-state index in [-0.39, 0.29) is 26.2 Å². The van der Waals surface area contributed by atoms with Gasteiger partial charge in [-0.15, -0.1) is 0 Å². The highest BCUT2D eigenvalue weighted by atomic mass is 16.6. The van der Waals surface area contributed by atoms with Gasteiger partial charge in [-0.05, 0) is 5.56 Å². The molecule has 0 fully saturated rings. The molecule has 1 amide bonds. The number of carboxylic acids is 1. The lowest BCUT2D eigenvalue weighted by Crippen LogP contribution is -2.56. The molecule has 0 atom stereocenters. The molecule has 0 unspecified atom stereocenters. The van der Waals surface area contributed by atoms with Crippen molar-refractivity contribution in [2.75, 3.05) is 27.4 Å². The Morgan fingerprint density at radius 3 is 2.23 bits per heavy atom. The molecule has 0 bridgehead atoms. The van der Waals surface area contributed by atoms with Gasteiger partial charge in [-0.3, -0.25) is 4.79 Å². The number of amides is 1. The van der Waals surface area contributed by atoms with E-state index in [1.54, 1.807) is 0 Å². The number of hydrogen-bond acceptors (Lipinski definition) is 5. The van der Waals surface area contributed by atoms with Crippen LogP contribution in [0.1, 0.15) is 12.0 Å². The number of aliphatic carboxylic acids is 1. The van der Waals surface area contributed by atoms with Gasteiger partial charge in [0.15, 0.2) is 0 Å². The monoisotopic (exact) mass is 311 g/mol. The van der Waals surface area contributed by atoms with Gasteiger partial charge < -0.3 is 24.6 Å². The van der Waals surface area contributed by atoms with Crippen LogP contribution in [-0.2, 0) is 25.6 Å². The molecule has 7 heteroatoms. The number of rotatable bonds is 9. The van der Waals surface area contributed by atoms with Crippen LogP contribution in [0, 0.1) is 0 Å². The van der Waals surface area contributed by atoms with Crippen molar-refractivity contribution in [1.29, 1.82) is 0 Å². The molecule has 0 spiro atoms. The van der Waals surface area contributed by atoms with Gasteiger partial charge in [-0.25, -0.2) is 4.79 Å². The standard InChI is InChI=1S/C15H21NO6/c1-20-10-15(11-21-2,8-13(17)18)16-14(19)22-9-12-6-4-3-5-7-12/h3-7H,8-11H2,1-2H3,(H,16,19)(H,17,18). The zero-order valence-electron chi connectivity index (χ0n) is 12.7. The minimum absolute atomic E-state index is 0.00637. The molecule has 0 saturated carbocycles. The largest absolute Gasteiger partial charge is 0.481 e. The number of alkyl carbamates (subject to hydrolysis) is 1. The van der Waals surface area contributed by atoms with Crippen molar-refractivity contribution >= 4 is 12.1 Å². The molecule has 7 nitrogen and oxygen atoms in total. The third-order valence-corrected chi connectivity index (χ3v) is 2.91. The maximum Gasteiger partial charge on any atom is 0.408 e. The topological polar surface area (TPSA) is 94.1 Å². The molecular weight excluding hydrogens is 290 g/mol. The van der Waals surface area contributed by atoms with Gasteiger partial charge in [-0.2, -0.15) is 0 Å². The van der Waals surface area contributed by atoms with Crippen LogP contribution < -0.4 is 5.32 Å². The maximum absolute atomic E-state index is 11.9. The van der Waals surface area contributed by atoms with Crippen molar-refractivity contribution in [2.24, 2.45) is 0 Å². The summed E-state index contributed by atoms with van der Waals surface area (Å²) < 4.78 is 15.1. The fourth-order valence-electron chi connectivity index (χ4n) is 2.08. The van der Waals surface area contributed by atoms with Gasteiger partial charge in [-0.1, -0.05) is 30.3 Å². The fourth-order valence-corrected chi connectivity index (χ4v) is 2.08. The Hall–Kier alpha value is -2.12. The number of benzene rings is 1. The molecule has 1 aromatic rings. The highest BCUT2D eigenvalue weighted by molar-refractivity contribution is 5.72. The van der Waals surface area contributed by atoms with E-state index in [1.807, 2.05) is 30.3 Å². The van der Waals surface area contributed by atoms with E-state index in [4.69, 9.17) is 19.3 Å². The Labute approximate surface area is 129 Å². The van der Waals surface area contributed by atoms with Crippen molar-refractivity contribution in [3.63, 3.8) is 0 Å². The molecule has 2 N–H and O–H groups in total. The quantitative estimate of drug-likeness (QED) is 0.716. The number of hydrogen-bond donors (Lipinski definition) is 2. The van der Waals surface area contributed by atoms with Crippen LogP contribution in [0.25, 0.3) is 0 Å². The summed E-state index contributed by atoms with van der Waals surface area (Å²) in [5, 5.41) is 11.6. The van der Waals surface area contributed by atoms with Gasteiger partial charge >= 0.3 is 12.1 Å². The lowest BCUT2D eigenvalue weighted by Gasteiger charge is -2.31. The van der Waals surface area contributed by atoms with E-state index in [0.29, 0.717) is 0 Å². The Morgan fingerprint density at radius 2 is 1.73 bits per heavy atom. The zero-order chi connectivity index (χ0) is 16.4. The first-order valence-corrected chi connectivity index (χ1v) is 6.70. The predicted octanol–water partition coefficient (Wildman–Crippen LogP) is 1.42. The van der Waals surface area contributed by atoms with Crippen LogP contribution >= 0.6 is 0 Å². The van der Waals surface area contributed by atoms with Crippen molar-refractivity contribution in [1.82, 2.24) is 5.32 Å². The summed E-state index contributed by atoms with van der Waals surface area (Å²) in [5.41, 5.74) is -0.344. The SMILES string of the molecule is COCC(COC)(CC(=O)O)NC(=O)OCc1ccccc1. The summed E-state index contributed by atoms with van der Waals surface area (Å²) >= 11 is 0. The number of carboxylic acid groups (broad SMARTS) is 1. The van der Waals surface area contributed by atoms with Crippen LogP contribution in [0.2, 0.25) is 0 Å². The van der Waals surface area contributed by atoms with Crippen molar-refractivity contribution < 1.29 is 28.9 Å². The third kappa shape index (κ3) is 6.11. The number of carbonyl (C=O) groups is 2. The normalized spacial score (nSPS) is 11.0. The fraction of sp³-hybridized carbons (Fsp3) is 0.467. The van der Waals surface area contributed by atoms with Crippen LogP contribution in [0.4, 0.5) is 4.79 Å². The second-order valence-electron chi connectivity index (χ2n) is 4.90. The molecule has 1 rings (SSSR count). The van der Waals surface area contributed by atoms with Gasteiger partial charge in [0.2, 0.25) is 0 Å². The van der Waals surface area contributed by atoms with Gasteiger partial charge in [0.1, 0.15) is 12.1 Å². The van der Waals surface area contributed by atoms with E-state index in [2.05, 4.69) is 5.32 Å². The van der Waals surface area contributed by atoms with Crippen molar-refractivity contribution in [3.8, 4) is 0 Å². The number of ether oxygens (including phenoxy) is 3. The molecule has 0 aliphatic carbocycles. The van der Waals surface area contributed by atoms with Crippen LogP contribution in [0.3, 0.4) is 0 Å². The van der Waals surface area contributed by atoms with E-state index >= 15 is 0 Å². The second kappa shape index (κ2) is 9.01. The molecule has 1 aromatic carbocycles. The molecule has 0 aromatic heterocycles. The molecular formula is C15H21NO6. The average Bonchev–Trinajstić information content (AvgIpc) is 2.46. The zero-order valence-corrected chi connectivity index (χ0v) is 12.7. The van der Waals surface area contributed by atoms with E-state index in [1.165, 1.54) is 14.2 Å². The van der Waals surface area contributed by atoms with Crippen molar-refractivity contribution in [2.45, 2.75) is 18.6 Å². The first-order valence-electron chi connectivity index (χ1n) is 6.70. The predicted molar refractivity (Wildman–Crippen MR) is 78.5 cm³/mol. The van der Waals surface area contributed by atoms with E-state index in [0.717, 1.165) is 5.56 Å². The first kappa shape index (κ1) is 17.9. The smallest absolute Gasteiger partial charge is 0.408 e.